The average Bonchev–Trinajstić information content (AvgIpc) is 2.48. The first kappa shape index (κ1) is 14.7. The molecule has 0 N–H and O–H groups in total. The molecule has 0 aliphatic heterocycles. The van der Waals surface area contributed by atoms with E-state index in [9.17, 15) is 4.79 Å². The van der Waals surface area contributed by atoms with Crippen LogP contribution >= 0.6 is 0 Å². The normalized spacial score (nSPS) is 8.89. The third-order valence-corrected chi connectivity index (χ3v) is 2.23. The van der Waals surface area contributed by atoms with E-state index in [0.29, 0.717) is 12.2 Å². The molecule has 0 unspecified atom stereocenters. The molecule has 2 heteroatoms. The summed E-state index contributed by atoms with van der Waals surface area (Å²) in [4.78, 5) is 11.0. The Kier molecular flexibility index (Phi) is 6.73. The van der Waals surface area contributed by atoms with Crippen molar-refractivity contribution in [2.24, 2.45) is 0 Å². The number of carbonyl (C=O) groups excluding carboxylic acids is 1. The number of rotatable bonds is 3. The van der Waals surface area contributed by atoms with Gasteiger partial charge in [-0.25, -0.2) is 4.79 Å². The third-order valence-electron chi connectivity index (χ3n) is 2.23. The van der Waals surface area contributed by atoms with Crippen LogP contribution in [-0.2, 0) is 16.1 Å². The molecule has 0 amide bonds. The van der Waals surface area contributed by atoms with Crippen LogP contribution in [0.3, 0.4) is 0 Å². The first-order chi connectivity index (χ1) is 9.20. The average molecular weight is 254 g/mol. The Morgan fingerprint density at radius 3 is 1.79 bits per heavy atom. The van der Waals surface area contributed by atoms with Gasteiger partial charge in [0.15, 0.2) is 0 Å². The maximum absolute atomic E-state index is 11.0. The van der Waals surface area contributed by atoms with Crippen molar-refractivity contribution in [1.29, 1.82) is 0 Å². The summed E-state index contributed by atoms with van der Waals surface area (Å²) in [5.74, 6) is -0.344. The summed E-state index contributed by atoms with van der Waals surface area (Å²) < 4.78 is 4.95. The number of hydrogen-bond donors (Lipinski definition) is 0. The fraction of sp³-hybridized carbons (Fsp3) is 0.118. The molecule has 0 atom stereocenters. The van der Waals surface area contributed by atoms with Gasteiger partial charge in [0.1, 0.15) is 6.61 Å². The third kappa shape index (κ3) is 6.84. The Balaban J connectivity index is 0.000000250. The predicted molar refractivity (Wildman–Crippen MR) is 77.5 cm³/mol. The van der Waals surface area contributed by atoms with E-state index >= 15 is 0 Å². The van der Waals surface area contributed by atoms with Gasteiger partial charge in [0.2, 0.25) is 0 Å². The molecule has 0 fully saturated rings. The molecule has 0 aliphatic rings. The minimum Gasteiger partial charge on any atom is -0.457 e. The zero-order valence-electron chi connectivity index (χ0n) is 11.1. The second-order valence-electron chi connectivity index (χ2n) is 4.00. The smallest absolute Gasteiger partial charge is 0.333 e. The van der Waals surface area contributed by atoms with Gasteiger partial charge in [-0.1, -0.05) is 73.3 Å². The zero-order chi connectivity index (χ0) is 13.9. The molecule has 0 heterocycles. The number of esters is 1. The maximum atomic E-state index is 11.0. The largest absolute Gasteiger partial charge is 0.457 e. The molecule has 98 valence electrons. The van der Waals surface area contributed by atoms with Gasteiger partial charge in [0.25, 0.3) is 0 Å². The highest BCUT2D eigenvalue weighted by Gasteiger charge is 2.02. The highest BCUT2D eigenvalue weighted by Crippen LogP contribution is 2.02. The topological polar surface area (TPSA) is 26.3 Å². The lowest BCUT2D eigenvalue weighted by Gasteiger charge is -2.03. The summed E-state index contributed by atoms with van der Waals surface area (Å²) in [6, 6.07) is 21.6. The van der Waals surface area contributed by atoms with Gasteiger partial charge in [0, 0.05) is 5.57 Å². The van der Waals surface area contributed by atoms with Crippen molar-refractivity contribution in [2.75, 3.05) is 0 Å². The summed E-state index contributed by atoms with van der Waals surface area (Å²) in [6.07, 6.45) is 0. The van der Waals surface area contributed by atoms with Crippen molar-refractivity contribution < 1.29 is 9.53 Å². The van der Waals surface area contributed by atoms with Crippen molar-refractivity contribution in [2.45, 2.75) is 13.5 Å². The van der Waals surface area contributed by atoms with Gasteiger partial charge < -0.3 is 4.74 Å². The molecule has 2 aromatic rings. The van der Waals surface area contributed by atoms with E-state index in [0.717, 1.165) is 5.56 Å². The quantitative estimate of drug-likeness (QED) is 0.611. The van der Waals surface area contributed by atoms with E-state index in [1.54, 1.807) is 6.92 Å². The van der Waals surface area contributed by atoms with E-state index in [-0.39, 0.29) is 5.97 Å². The highest BCUT2D eigenvalue weighted by molar-refractivity contribution is 5.86. The predicted octanol–water partition coefficient (Wildman–Crippen LogP) is 3.99. The molecular formula is C17H18O2. The summed E-state index contributed by atoms with van der Waals surface area (Å²) in [5.41, 5.74) is 1.41. The number of carbonyl (C=O) groups is 1. The van der Waals surface area contributed by atoms with Crippen molar-refractivity contribution >= 4 is 5.97 Å². The van der Waals surface area contributed by atoms with Crippen LogP contribution in [-0.4, -0.2) is 5.97 Å². The minimum atomic E-state index is -0.344. The van der Waals surface area contributed by atoms with Crippen molar-refractivity contribution in [3.63, 3.8) is 0 Å². The Labute approximate surface area is 114 Å². The highest BCUT2D eigenvalue weighted by atomic mass is 16.5. The lowest BCUT2D eigenvalue weighted by atomic mass is 10.2. The molecule has 19 heavy (non-hydrogen) atoms. The van der Waals surface area contributed by atoms with Gasteiger partial charge in [-0.05, 0) is 12.5 Å². The van der Waals surface area contributed by atoms with Crippen LogP contribution < -0.4 is 0 Å². The number of hydrogen-bond acceptors (Lipinski definition) is 2. The van der Waals surface area contributed by atoms with Gasteiger partial charge in [-0.3, -0.25) is 0 Å². The summed E-state index contributed by atoms with van der Waals surface area (Å²) in [6.45, 7) is 5.44. The molecule has 0 spiro atoms. The van der Waals surface area contributed by atoms with Gasteiger partial charge in [0.05, 0.1) is 0 Å². The Morgan fingerprint density at radius 1 is 0.947 bits per heavy atom. The van der Waals surface area contributed by atoms with Crippen LogP contribution in [0.15, 0.2) is 78.9 Å². The van der Waals surface area contributed by atoms with Crippen molar-refractivity contribution in [1.82, 2.24) is 0 Å². The Bertz CT molecular complexity index is 462. The lowest BCUT2D eigenvalue weighted by molar-refractivity contribution is -0.140. The fourth-order valence-electron chi connectivity index (χ4n) is 1.23. The number of ether oxygens (including phenoxy) is 1. The van der Waals surface area contributed by atoms with E-state index < -0.39 is 0 Å². The molecule has 0 aliphatic carbocycles. The standard InChI is InChI=1S/C11H12O2.C6H6/c1-9(2)11(12)13-8-10-6-4-3-5-7-10;1-2-4-6-5-3-1/h3-7H,1,8H2,2H3;1-6H. The second-order valence-corrected chi connectivity index (χ2v) is 4.00. The van der Waals surface area contributed by atoms with Gasteiger partial charge in [-0.15, -0.1) is 0 Å². The SMILES string of the molecule is C=C(C)C(=O)OCc1ccccc1.c1ccccc1. The van der Waals surface area contributed by atoms with Crippen LogP contribution in [0.5, 0.6) is 0 Å². The molecule has 0 saturated carbocycles. The molecule has 2 nitrogen and oxygen atoms in total. The van der Waals surface area contributed by atoms with Crippen LogP contribution in [0, 0.1) is 0 Å². The fourth-order valence-corrected chi connectivity index (χ4v) is 1.23. The molecule has 0 bridgehead atoms. The van der Waals surface area contributed by atoms with Gasteiger partial charge >= 0.3 is 5.97 Å². The maximum Gasteiger partial charge on any atom is 0.333 e. The van der Waals surface area contributed by atoms with E-state index in [1.165, 1.54) is 0 Å². The minimum absolute atomic E-state index is 0.312. The molecule has 0 saturated heterocycles. The van der Waals surface area contributed by atoms with Crippen LogP contribution in [0.4, 0.5) is 0 Å². The summed E-state index contributed by atoms with van der Waals surface area (Å²) in [7, 11) is 0. The van der Waals surface area contributed by atoms with Gasteiger partial charge in [-0.2, -0.15) is 0 Å². The molecule has 2 rings (SSSR count). The first-order valence-electron chi connectivity index (χ1n) is 6.06. The van der Waals surface area contributed by atoms with Crippen molar-refractivity contribution in [3.05, 3.63) is 84.4 Å². The Morgan fingerprint density at radius 2 is 1.37 bits per heavy atom. The lowest BCUT2D eigenvalue weighted by Crippen LogP contribution is -2.04. The van der Waals surface area contributed by atoms with E-state index in [2.05, 4.69) is 6.58 Å². The molecule has 2 aromatic carbocycles. The second kappa shape index (κ2) is 8.70. The zero-order valence-corrected chi connectivity index (χ0v) is 11.1. The van der Waals surface area contributed by atoms with Crippen LogP contribution in [0.1, 0.15) is 12.5 Å². The Hall–Kier alpha value is -2.35. The van der Waals surface area contributed by atoms with E-state index in [1.807, 2.05) is 66.7 Å². The van der Waals surface area contributed by atoms with Crippen LogP contribution in [0.2, 0.25) is 0 Å². The first-order valence-corrected chi connectivity index (χ1v) is 6.06. The molecular weight excluding hydrogens is 236 g/mol. The summed E-state index contributed by atoms with van der Waals surface area (Å²) in [5, 5.41) is 0. The number of benzene rings is 2. The molecule has 0 aromatic heterocycles. The monoisotopic (exact) mass is 254 g/mol. The summed E-state index contributed by atoms with van der Waals surface area (Å²) >= 11 is 0. The van der Waals surface area contributed by atoms with E-state index in [4.69, 9.17) is 4.74 Å². The van der Waals surface area contributed by atoms with Crippen LogP contribution in [0.25, 0.3) is 0 Å². The molecule has 0 radical (unpaired) electrons. The van der Waals surface area contributed by atoms with Crippen molar-refractivity contribution in [3.8, 4) is 0 Å².